The van der Waals surface area contributed by atoms with Crippen LogP contribution in [0, 0.1) is 0 Å². The largest absolute Gasteiger partial charge is 0.491 e. The van der Waals surface area contributed by atoms with Gasteiger partial charge in [0, 0.05) is 17.1 Å². The summed E-state index contributed by atoms with van der Waals surface area (Å²) in [6, 6.07) is 11.9. The molecule has 0 saturated carbocycles. The monoisotopic (exact) mass is 260 g/mol. The van der Waals surface area contributed by atoms with Gasteiger partial charge in [-0.3, -0.25) is 0 Å². The summed E-state index contributed by atoms with van der Waals surface area (Å²) < 4.78 is 5.57. The fraction of sp³-hybridized carbons (Fsp3) is 0.333. The summed E-state index contributed by atoms with van der Waals surface area (Å²) in [6.07, 6.45) is -0.633. The van der Waals surface area contributed by atoms with E-state index in [1.54, 1.807) is 6.92 Å². The smallest absolute Gasteiger partial charge is 0.122 e. The van der Waals surface area contributed by atoms with Crippen LogP contribution in [0.5, 0.6) is 5.75 Å². The molecule has 0 aliphatic heterocycles. The highest BCUT2D eigenvalue weighted by Crippen LogP contribution is 2.29. The Labute approximate surface area is 113 Å². The Morgan fingerprint density at radius 1 is 1.26 bits per heavy atom. The van der Waals surface area contributed by atoms with Crippen LogP contribution in [0.1, 0.15) is 13.8 Å². The molecule has 0 heterocycles. The number of rotatable bonds is 5. The second-order valence-electron chi connectivity index (χ2n) is 4.79. The molecule has 0 aromatic heterocycles. The molecule has 0 radical (unpaired) electrons. The lowest BCUT2D eigenvalue weighted by Gasteiger charge is -2.16. The van der Waals surface area contributed by atoms with Gasteiger partial charge in [0.1, 0.15) is 12.4 Å². The number of nitrogens with two attached hydrogens (primary N) is 1. The van der Waals surface area contributed by atoms with Crippen molar-refractivity contribution in [1.82, 2.24) is 0 Å². The predicted molar refractivity (Wildman–Crippen MR) is 78.4 cm³/mol. The minimum atomic E-state index is -0.490. The van der Waals surface area contributed by atoms with Gasteiger partial charge in [-0.05, 0) is 25.3 Å². The number of benzene rings is 2. The number of aliphatic hydroxyl groups is 1. The molecule has 2 rings (SSSR count). The Balaban J connectivity index is 2.38. The van der Waals surface area contributed by atoms with Gasteiger partial charge in [-0.1, -0.05) is 24.3 Å². The molecule has 4 N–H and O–H groups in total. The SMILES string of the molecule is CC(O)COc1cc(NC(C)N)c2ccccc2c1. The van der Waals surface area contributed by atoms with E-state index in [2.05, 4.69) is 5.32 Å². The van der Waals surface area contributed by atoms with Gasteiger partial charge in [-0.25, -0.2) is 0 Å². The second kappa shape index (κ2) is 5.91. The Bertz CT molecular complexity index is 553. The van der Waals surface area contributed by atoms with Crippen molar-refractivity contribution in [3.8, 4) is 5.75 Å². The van der Waals surface area contributed by atoms with Crippen molar-refractivity contribution >= 4 is 16.5 Å². The molecule has 0 amide bonds. The first-order valence-electron chi connectivity index (χ1n) is 6.42. The summed E-state index contributed by atoms with van der Waals surface area (Å²) in [5, 5.41) is 14.7. The van der Waals surface area contributed by atoms with Gasteiger partial charge in [0.25, 0.3) is 0 Å². The van der Waals surface area contributed by atoms with E-state index in [4.69, 9.17) is 10.5 Å². The molecule has 102 valence electrons. The normalized spacial score (nSPS) is 14.1. The summed E-state index contributed by atoms with van der Waals surface area (Å²) in [5.74, 6) is 0.725. The van der Waals surface area contributed by atoms with Crippen LogP contribution in [-0.2, 0) is 0 Å². The molecule has 2 atom stereocenters. The summed E-state index contributed by atoms with van der Waals surface area (Å²) in [6.45, 7) is 3.86. The Morgan fingerprint density at radius 3 is 2.68 bits per heavy atom. The summed E-state index contributed by atoms with van der Waals surface area (Å²) in [7, 11) is 0. The zero-order valence-corrected chi connectivity index (χ0v) is 11.3. The zero-order valence-electron chi connectivity index (χ0n) is 11.3. The number of aliphatic hydroxyl groups excluding tert-OH is 1. The first-order valence-corrected chi connectivity index (χ1v) is 6.42. The Morgan fingerprint density at radius 2 is 2.00 bits per heavy atom. The summed E-state index contributed by atoms with van der Waals surface area (Å²) in [4.78, 5) is 0. The van der Waals surface area contributed by atoms with Crippen LogP contribution in [0.25, 0.3) is 10.8 Å². The quantitative estimate of drug-likeness (QED) is 0.722. The third kappa shape index (κ3) is 3.59. The summed E-state index contributed by atoms with van der Waals surface area (Å²) in [5.41, 5.74) is 6.73. The minimum absolute atomic E-state index is 0.143. The molecule has 2 aromatic rings. The fourth-order valence-electron chi connectivity index (χ4n) is 1.95. The average molecular weight is 260 g/mol. The van der Waals surface area contributed by atoms with E-state index >= 15 is 0 Å². The van der Waals surface area contributed by atoms with Crippen molar-refractivity contribution in [2.45, 2.75) is 26.1 Å². The van der Waals surface area contributed by atoms with Crippen molar-refractivity contribution < 1.29 is 9.84 Å². The molecule has 2 unspecified atom stereocenters. The first-order chi connectivity index (χ1) is 9.06. The molecule has 19 heavy (non-hydrogen) atoms. The highest BCUT2D eigenvalue weighted by Gasteiger charge is 2.07. The molecule has 0 fully saturated rings. The molecule has 4 heteroatoms. The molecule has 0 bridgehead atoms. The van der Waals surface area contributed by atoms with Crippen LogP contribution < -0.4 is 15.8 Å². The maximum absolute atomic E-state index is 9.28. The lowest BCUT2D eigenvalue weighted by molar-refractivity contribution is 0.123. The van der Waals surface area contributed by atoms with Crippen molar-refractivity contribution in [2.24, 2.45) is 5.73 Å². The van der Waals surface area contributed by atoms with E-state index in [1.165, 1.54) is 0 Å². The van der Waals surface area contributed by atoms with E-state index in [1.807, 2.05) is 43.3 Å². The topological polar surface area (TPSA) is 67.5 Å². The number of hydrogen-bond acceptors (Lipinski definition) is 4. The van der Waals surface area contributed by atoms with Crippen molar-refractivity contribution in [3.63, 3.8) is 0 Å². The number of anilines is 1. The minimum Gasteiger partial charge on any atom is -0.491 e. The van der Waals surface area contributed by atoms with Crippen LogP contribution in [-0.4, -0.2) is 24.0 Å². The molecule has 0 aliphatic rings. The van der Waals surface area contributed by atoms with Crippen LogP contribution in [0.2, 0.25) is 0 Å². The molecular weight excluding hydrogens is 240 g/mol. The van der Waals surface area contributed by atoms with Crippen LogP contribution in [0.3, 0.4) is 0 Å². The third-order valence-electron chi connectivity index (χ3n) is 2.71. The van der Waals surface area contributed by atoms with Gasteiger partial charge in [-0.15, -0.1) is 0 Å². The highest BCUT2D eigenvalue weighted by atomic mass is 16.5. The van der Waals surface area contributed by atoms with Gasteiger partial charge in [-0.2, -0.15) is 0 Å². The standard InChI is InChI=1S/C15H20N2O2/c1-10(18)9-19-13-7-12-5-3-4-6-14(12)15(8-13)17-11(2)16/h3-8,10-11,17-18H,9,16H2,1-2H3. The average Bonchev–Trinajstić information content (AvgIpc) is 2.35. The lowest BCUT2D eigenvalue weighted by atomic mass is 10.1. The number of fused-ring (bicyclic) bond motifs is 1. The highest BCUT2D eigenvalue weighted by molar-refractivity contribution is 5.95. The van der Waals surface area contributed by atoms with Gasteiger partial charge in [0.05, 0.1) is 12.3 Å². The number of ether oxygens (including phenoxy) is 1. The molecular formula is C15H20N2O2. The van der Waals surface area contributed by atoms with E-state index in [9.17, 15) is 5.11 Å². The van der Waals surface area contributed by atoms with Crippen LogP contribution in [0.4, 0.5) is 5.69 Å². The van der Waals surface area contributed by atoms with E-state index in [0.29, 0.717) is 0 Å². The van der Waals surface area contributed by atoms with Crippen molar-refractivity contribution in [1.29, 1.82) is 0 Å². The van der Waals surface area contributed by atoms with Gasteiger partial charge in [0.2, 0.25) is 0 Å². The first kappa shape index (κ1) is 13.6. The number of nitrogens with one attached hydrogen (secondary N) is 1. The summed E-state index contributed by atoms with van der Waals surface area (Å²) >= 11 is 0. The van der Waals surface area contributed by atoms with E-state index < -0.39 is 6.10 Å². The Hall–Kier alpha value is -1.78. The van der Waals surface area contributed by atoms with Gasteiger partial charge < -0.3 is 20.9 Å². The van der Waals surface area contributed by atoms with Crippen LogP contribution in [0.15, 0.2) is 36.4 Å². The molecule has 2 aromatic carbocycles. The molecule has 0 spiro atoms. The predicted octanol–water partition coefficient (Wildman–Crippen LogP) is 2.32. The Kier molecular flexibility index (Phi) is 4.24. The molecule has 4 nitrogen and oxygen atoms in total. The zero-order chi connectivity index (χ0) is 13.8. The third-order valence-corrected chi connectivity index (χ3v) is 2.71. The lowest BCUT2D eigenvalue weighted by Crippen LogP contribution is -2.25. The number of hydrogen-bond donors (Lipinski definition) is 3. The van der Waals surface area contributed by atoms with E-state index in [0.717, 1.165) is 22.2 Å². The van der Waals surface area contributed by atoms with Gasteiger partial charge >= 0.3 is 0 Å². The van der Waals surface area contributed by atoms with Crippen molar-refractivity contribution in [3.05, 3.63) is 36.4 Å². The molecule has 0 aliphatic carbocycles. The second-order valence-corrected chi connectivity index (χ2v) is 4.79. The fourth-order valence-corrected chi connectivity index (χ4v) is 1.95. The maximum Gasteiger partial charge on any atom is 0.122 e. The van der Waals surface area contributed by atoms with Crippen LogP contribution >= 0.6 is 0 Å². The van der Waals surface area contributed by atoms with Gasteiger partial charge in [0.15, 0.2) is 0 Å². The maximum atomic E-state index is 9.28. The van der Waals surface area contributed by atoms with Crippen molar-refractivity contribution in [2.75, 3.05) is 11.9 Å². The van der Waals surface area contributed by atoms with E-state index in [-0.39, 0.29) is 12.8 Å². The molecule has 0 saturated heterocycles.